The van der Waals surface area contributed by atoms with Crippen LogP contribution >= 0.6 is 0 Å². The average molecular weight is 275 g/mol. The molecule has 1 rings (SSSR count). The van der Waals surface area contributed by atoms with Crippen molar-refractivity contribution in [1.29, 1.82) is 5.26 Å². The smallest absolute Gasteiger partial charge is 0.118 e. The highest BCUT2D eigenvalue weighted by molar-refractivity contribution is 5.30. The summed E-state index contributed by atoms with van der Waals surface area (Å²) in [4.78, 5) is 2.26. The molecule has 20 heavy (non-hydrogen) atoms. The minimum atomic E-state index is -0.00534. The summed E-state index contributed by atoms with van der Waals surface area (Å²) in [5.74, 6) is 0.833. The van der Waals surface area contributed by atoms with Crippen LogP contribution in [0.3, 0.4) is 0 Å². The molecule has 0 heterocycles. The lowest BCUT2D eigenvalue weighted by molar-refractivity contribution is 0.173. The summed E-state index contributed by atoms with van der Waals surface area (Å²) < 4.78 is 5.19. The second-order valence-corrected chi connectivity index (χ2v) is 5.19. The molecule has 2 N–H and O–H groups in total. The van der Waals surface area contributed by atoms with Gasteiger partial charge < -0.3 is 10.5 Å². The number of nitrogens with zero attached hydrogens (tertiary/aromatic N) is 2. The molecule has 3 atom stereocenters. The summed E-state index contributed by atoms with van der Waals surface area (Å²) in [7, 11) is 1.66. The van der Waals surface area contributed by atoms with Crippen molar-refractivity contribution in [2.24, 2.45) is 11.7 Å². The quantitative estimate of drug-likeness (QED) is 0.830. The van der Waals surface area contributed by atoms with Gasteiger partial charge in [-0.1, -0.05) is 19.1 Å². The lowest BCUT2D eigenvalue weighted by Gasteiger charge is -2.34. The topological polar surface area (TPSA) is 62.3 Å². The van der Waals surface area contributed by atoms with E-state index in [4.69, 9.17) is 15.7 Å². The molecular weight excluding hydrogens is 250 g/mol. The molecule has 1 aromatic carbocycles. The van der Waals surface area contributed by atoms with Crippen molar-refractivity contribution in [3.8, 4) is 11.8 Å². The third-order valence-electron chi connectivity index (χ3n) is 3.48. The maximum absolute atomic E-state index is 9.01. The van der Waals surface area contributed by atoms with Gasteiger partial charge >= 0.3 is 0 Å². The maximum Gasteiger partial charge on any atom is 0.118 e. The number of nitrogens with two attached hydrogens (primary N) is 1. The van der Waals surface area contributed by atoms with E-state index < -0.39 is 0 Å². The summed E-state index contributed by atoms with van der Waals surface area (Å²) in [5.41, 5.74) is 7.34. The van der Waals surface area contributed by atoms with Crippen molar-refractivity contribution in [1.82, 2.24) is 4.90 Å². The Kier molecular flexibility index (Phi) is 6.50. The molecule has 110 valence electrons. The second-order valence-electron chi connectivity index (χ2n) is 5.19. The Morgan fingerprint density at radius 2 is 1.90 bits per heavy atom. The lowest BCUT2D eigenvalue weighted by Crippen LogP contribution is -2.41. The van der Waals surface area contributed by atoms with Crippen LogP contribution in [-0.4, -0.2) is 31.1 Å². The summed E-state index contributed by atoms with van der Waals surface area (Å²) in [6.07, 6.45) is 0. The molecule has 4 heteroatoms. The zero-order chi connectivity index (χ0) is 15.1. The first-order valence-corrected chi connectivity index (χ1v) is 7.06. The Bertz CT molecular complexity index is 436. The van der Waals surface area contributed by atoms with E-state index in [2.05, 4.69) is 17.9 Å². The number of nitriles is 1. The van der Waals surface area contributed by atoms with Gasteiger partial charge in [-0.25, -0.2) is 0 Å². The molecule has 0 bridgehead atoms. The molecule has 0 aliphatic rings. The summed E-state index contributed by atoms with van der Waals surface area (Å²) in [5, 5.41) is 9.01. The largest absolute Gasteiger partial charge is 0.497 e. The number of hydrogen-bond donors (Lipinski definition) is 1. The molecule has 0 spiro atoms. The standard InChI is InChI=1S/C16H25N3O/c1-5-19(11-12(2)10-17)16(13(3)18)14-6-8-15(20-4)9-7-14/h6-9,12-13,16H,5,11,18H2,1-4H3. The number of rotatable bonds is 7. The van der Waals surface area contributed by atoms with E-state index in [1.165, 1.54) is 0 Å². The van der Waals surface area contributed by atoms with E-state index in [0.29, 0.717) is 0 Å². The molecule has 3 unspecified atom stereocenters. The molecule has 0 aliphatic carbocycles. The number of ether oxygens (including phenoxy) is 1. The van der Waals surface area contributed by atoms with Gasteiger partial charge in [0.2, 0.25) is 0 Å². The second kappa shape index (κ2) is 7.88. The van der Waals surface area contributed by atoms with Gasteiger partial charge in [-0.05, 0) is 38.1 Å². The third kappa shape index (κ3) is 4.22. The zero-order valence-electron chi connectivity index (χ0n) is 12.8. The molecule has 0 radical (unpaired) electrons. The van der Waals surface area contributed by atoms with Crippen LogP contribution in [0.15, 0.2) is 24.3 Å². The van der Waals surface area contributed by atoms with Gasteiger partial charge in [0.15, 0.2) is 0 Å². The molecular formula is C16H25N3O. The van der Waals surface area contributed by atoms with Crippen LogP contribution in [0.5, 0.6) is 5.75 Å². The average Bonchev–Trinajstić information content (AvgIpc) is 2.46. The van der Waals surface area contributed by atoms with Crippen LogP contribution < -0.4 is 10.5 Å². The van der Waals surface area contributed by atoms with Crippen molar-refractivity contribution >= 4 is 0 Å². The summed E-state index contributed by atoms with van der Waals surface area (Å²) >= 11 is 0. The molecule has 0 aliphatic heterocycles. The fourth-order valence-corrected chi connectivity index (χ4v) is 2.48. The van der Waals surface area contributed by atoms with Gasteiger partial charge in [0.05, 0.1) is 19.1 Å². The SMILES string of the molecule is CCN(CC(C)C#N)C(c1ccc(OC)cc1)C(C)N. The molecule has 0 saturated carbocycles. The van der Waals surface area contributed by atoms with E-state index in [0.717, 1.165) is 24.4 Å². The number of likely N-dealkylation sites (N-methyl/N-ethyl adjacent to an activating group) is 1. The zero-order valence-corrected chi connectivity index (χ0v) is 12.8. The van der Waals surface area contributed by atoms with Crippen molar-refractivity contribution < 1.29 is 4.74 Å². The number of hydrogen-bond acceptors (Lipinski definition) is 4. The fraction of sp³-hybridized carbons (Fsp3) is 0.562. The predicted molar refractivity (Wildman–Crippen MR) is 81.4 cm³/mol. The van der Waals surface area contributed by atoms with Gasteiger partial charge in [0, 0.05) is 18.6 Å². The number of benzene rings is 1. The van der Waals surface area contributed by atoms with Crippen LogP contribution in [0.2, 0.25) is 0 Å². The lowest BCUT2D eigenvalue weighted by atomic mass is 9.98. The minimum Gasteiger partial charge on any atom is -0.497 e. The fourth-order valence-electron chi connectivity index (χ4n) is 2.48. The Morgan fingerprint density at radius 1 is 1.30 bits per heavy atom. The molecule has 4 nitrogen and oxygen atoms in total. The summed E-state index contributed by atoms with van der Waals surface area (Å²) in [6, 6.07) is 10.4. The van der Waals surface area contributed by atoms with E-state index in [1.54, 1.807) is 7.11 Å². The Labute approximate surface area is 122 Å². The molecule has 0 fully saturated rings. The Hall–Kier alpha value is -1.57. The van der Waals surface area contributed by atoms with Gasteiger partial charge in [-0.15, -0.1) is 0 Å². The monoisotopic (exact) mass is 275 g/mol. The van der Waals surface area contributed by atoms with Crippen LogP contribution in [0.1, 0.15) is 32.4 Å². The van der Waals surface area contributed by atoms with Gasteiger partial charge in [0.1, 0.15) is 5.75 Å². The molecule has 1 aromatic rings. The first kappa shape index (κ1) is 16.5. The first-order chi connectivity index (χ1) is 9.53. The van der Waals surface area contributed by atoms with Crippen LogP contribution in [0, 0.1) is 17.2 Å². The Balaban J connectivity index is 2.98. The highest BCUT2D eigenvalue weighted by Gasteiger charge is 2.24. The van der Waals surface area contributed by atoms with Crippen LogP contribution in [0.4, 0.5) is 0 Å². The molecule has 0 saturated heterocycles. The summed E-state index contributed by atoms with van der Waals surface area (Å²) in [6.45, 7) is 7.64. The third-order valence-corrected chi connectivity index (χ3v) is 3.48. The van der Waals surface area contributed by atoms with Gasteiger partial charge in [-0.3, -0.25) is 4.90 Å². The first-order valence-electron chi connectivity index (χ1n) is 7.06. The highest BCUT2D eigenvalue weighted by Crippen LogP contribution is 2.26. The van der Waals surface area contributed by atoms with E-state index in [9.17, 15) is 0 Å². The normalized spacial score (nSPS) is 15.4. The van der Waals surface area contributed by atoms with E-state index in [-0.39, 0.29) is 18.0 Å². The van der Waals surface area contributed by atoms with Crippen LogP contribution in [0.25, 0.3) is 0 Å². The van der Waals surface area contributed by atoms with Crippen molar-refractivity contribution in [3.63, 3.8) is 0 Å². The number of methoxy groups -OCH3 is 1. The van der Waals surface area contributed by atoms with E-state index in [1.807, 2.05) is 38.1 Å². The van der Waals surface area contributed by atoms with E-state index >= 15 is 0 Å². The Morgan fingerprint density at radius 3 is 2.30 bits per heavy atom. The molecule has 0 aromatic heterocycles. The van der Waals surface area contributed by atoms with Crippen molar-refractivity contribution in [3.05, 3.63) is 29.8 Å². The van der Waals surface area contributed by atoms with Crippen molar-refractivity contribution in [2.75, 3.05) is 20.2 Å². The predicted octanol–water partition coefficient (Wildman–Crippen LogP) is 2.57. The molecule has 0 amide bonds. The van der Waals surface area contributed by atoms with Crippen LogP contribution in [-0.2, 0) is 0 Å². The maximum atomic E-state index is 9.01. The van der Waals surface area contributed by atoms with Gasteiger partial charge in [-0.2, -0.15) is 5.26 Å². The minimum absolute atomic E-state index is 0.00514. The van der Waals surface area contributed by atoms with Crippen molar-refractivity contribution in [2.45, 2.75) is 32.9 Å². The van der Waals surface area contributed by atoms with Gasteiger partial charge in [0.25, 0.3) is 0 Å². The highest BCUT2D eigenvalue weighted by atomic mass is 16.5.